The van der Waals surface area contributed by atoms with Gasteiger partial charge in [-0.25, -0.2) is 0 Å². The van der Waals surface area contributed by atoms with Crippen LogP contribution in [0.25, 0.3) is 0 Å². The normalized spacial score (nSPS) is 20.5. The highest BCUT2D eigenvalue weighted by molar-refractivity contribution is 5.88. The van der Waals surface area contributed by atoms with E-state index in [0.717, 1.165) is 0 Å². The average molecular weight is 169 g/mol. The molecule has 70 valence electrons. The lowest BCUT2D eigenvalue weighted by molar-refractivity contribution is 0.208. The molecule has 0 N–H and O–H groups in total. The van der Waals surface area contributed by atoms with Crippen molar-refractivity contribution < 1.29 is 4.84 Å². The molecule has 0 amide bonds. The van der Waals surface area contributed by atoms with Gasteiger partial charge in [-0.2, -0.15) is 0 Å². The number of hydrogen-bond acceptors (Lipinski definition) is 2. The molecule has 1 saturated carbocycles. The maximum atomic E-state index is 4.87. The van der Waals surface area contributed by atoms with Gasteiger partial charge in [0.15, 0.2) is 0 Å². The Hall–Kier alpha value is -0.530. The molecule has 0 unspecified atom stereocenters. The third kappa shape index (κ3) is 2.23. The molecule has 0 aromatic heterocycles. The molecule has 0 aliphatic heterocycles. The van der Waals surface area contributed by atoms with E-state index in [1.54, 1.807) is 7.11 Å². The minimum absolute atomic E-state index is 0.535. The second-order valence-corrected chi connectivity index (χ2v) is 3.83. The van der Waals surface area contributed by atoms with Gasteiger partial charge in [-0.1, -0.05) is 31.8 Å². The third-order valence-corrected chi connectivity index (χ3v) is 2.56. The van der Waals surface area contributed by atoms with Crippen molar-refractivity contribution in [3.05, 3.63) is 0 Å². The van der Waals surface area contributed by atoms with Crippen molar-refractivity contribution in [1.29, 1.82) is 0 Å². The summed E-state index contributed by atoms with van der Waals surface area (Å²) < 4.78 is 0. The predicted octanol–water partition coefficient (Wildman–Crippen LogP) is 2.84. The Morgan fingerprint density at radius 2 is 1.92 bits per heavy atom. The highest BCUT2D eigenvalue weighted by Crippen LogP contribution is 2.28. The van der Waals surface area contributed by atoms with Gasteiger partial charge in [0.1, 0.15) is 7.11 Å². The highest BCUT2D eigenvalue weighted by Gasteiger charge is 2.23. The highest BCUT2D eigenvalue weighted by atomic mass is 16.6. The lowest BCUT2D eigenvalue weighted by Crippen LogP contribution is -2.17. The van der Waals surface area contributed by atoms with Gasteiger partial charge in [-0.05, 0) is 18.8 Å². The van der Waals surface area contributed by atoms with Crippen LogP contribution in [-0.2, 0) is 4.84 Å². The van der Waals surface area contributed by atoms with Crippen molar-refractivity contribution >= 4 is 5.71 Å². The van der Waals surface area contributed by atoms with E-state index in [2.05, 4.69) is 19.0 Å². The van der Waals surface area contributed by atoms with E-state index in [9.17, 15) is 0 Å². The van der Waals surface area contributed by atoms with E-state index in [4.69, 9.17) is 4.84 Å². The summed E-state index contributed by atoms with van der Waals surface area (Å²) in [6, 6.07) is 0. The lowest BCUT2D eigenvalue weighted by Gasteiger charge is -2.15. The molecular formula is C10H19NO. The summed E-state index contributed by atoms with van der Waals surface area (Å²) >= 11 is 0. The fourth-order valence-electron chi connectivity index (χ4n) is 1.98. The average Bonchev–Trinajstić information content (AvgIpc) is 2.51. The van der Waals surface area contributed by atoms with Gasteiger partial charge in [0, 0.05) is 5.92 Å². The molecule has 2 nitrogen and oxygen atoms in total. The van der Waals surface area contributed by atoms with E-state index < -0.39 is 0 Å². The Morgan fingerprint density at radius 1 is 1.33 bits per heavy atom. The van der Waals surface area contributed by atoms with Crippen molar-refractivity contribution in [2.45, 2.75) is 39.5 Å². The Balaban J connectivity index is 2.58. The van der Waals surface area contributed by atoms with Crippen molar-refractivity contribution in [1.82, 2.24) is 0 Å². The molecule has 0 saturated heterocycles. The smallest absolute Gasteiger partial charge is 0.106 e. The molecule has 1 fully saturated rings. The van der Waals surface area contributed by atoms with Crippen molar-refractivity contribution in [2.24, 2.45) is 17.0 Å². The van der Waals surface area contributed by atoms with E-state index >= 15 is 0 Å². The maximum absolute atomic E-state index is 4.87. The molecule has 0 heterocycles. The second-order valence-electron chi connectivity index (χ2n) is 3.83. The molecule has 0 bridgehead atoms. The zero-order chi connectivity index (χ0) is 8.97. The Kier molecular flexibility index (Phi) is 3.57. The van der Waals surface area contributed by atoms with Gasteiger partial charge >= 0.3 is 0 Å². The van der Waals surface area contributed by atoms with Crippen LogP contribution in [0.4, 0.5) is 0 Å². The lowest BCUT2D eigenvalue weighted by atomic mass is 9.93. The Labute approximate surface area is 75.0 Å². The minimum Gasteiger partial charge on any atom is -0.399 e. The first-order chi connectivity index (χ1) is 5.75. The zero-order valence-electron chi connectivity index (χ0n) is 8.34. The summed E-state index contributed by atoms with van der Waals surface area (Å²) in [6.07, 6.45) is 5.33. The van der Waals surface area contributed by atoms with Crippen LogP contribution in [0, 0.1) is 11.8 Å². The number of oxime groups is 1. The van der Waals surface area contributed by atoms with E-state index in [1.807, 2.05) is 0 Å². The van der Waals surface area contributed by atoms with E-state index in [-0.39, 0.29) is 0 Å². The summed E-state index contributed by atoms with van der Waals surface area (Å²) in [5, 5.41) is 4.12. The summed E-state index contributed by atoms with van der Waals surface area (Å²) in [7, 11) is 1.64. The third-order valence-electron chi connectivity index (χ3n) is 2.56. The Bertz CT molecular complexity index is 157. The van der Waals surface area contributed by atoms with E-state index in [1.165, 1.54) is 31.4 Å². The molecule has 1 aliphatic rings. The van der Waals surface area contributed by atoms with Crippen LogP contribution in [0.3, 0.4) is 0 Å². The topological polar surface area (TPSA) is 21.6 Å². The van der Waals surface area contributed by atoms with Crippen LogP contribution in [-0.4, -0.2) is 12.8 Å². The van der Waals surface area contributed by atoms with Crippen molar-refractivity contribution in [3.8, 4) is 0 Å². The number of hydrogen-bond donors (Lipinski definition) is 0. The van der Waals surface area contributed by atoms with Crippen LogP contribution < -0.4 is 0 Å². The summed E-state index contributed by atoms with van der Waals surface area (Å²) in [5.41, 5.74) is 1.26. The standard InChI is InChI=1S/C10H19NO/c1-8(2)10(11-12-3)9-6-4-5-7-9/h8-9H,4-7H2,1-3H3/b11-10-. The molecule has 0 aromatic carbocycles. The van der Waals surface area contributed by atoms with Gasteiger partial charge in [0.2, 0.25) is 0 Å². The summed E-state index contributed by atoms with van der Waals surface area (Å²) in [5.74, 6) is 1.23. The van der Waals surface area contributed by atoms with Crippen LogP contribution in [0.5, 0.6) is 0 Å². The molecule has 0 radical (unpaired) electrons. The molecule has 0 aromatic rings. The van der Waals surface area contributed by atoms with E-state index in [0.29, 0.717) is 11.8 Å². The summed E-state index contributed by atoms with van der Waals surface area (Å²) in [6.45, 7) is 4.38. The molecular weight excluding hydrogens is 150 g/mol. The van der Waals surface area contributed by atoms with Crippen LogP contribution in [0.15, 0.2) is 5.16 Å². The predicted molar refractivity (Wildman–Crippen MR) is 51.2 cm³/mol. The molecule has 12 heavy (non-hydrogen) atoms. The molecule has 0 atom stereocenters. The van der Waals surface area contributed by atoms with Gasteiger partial charge in [-0.3, -0.25) is 0 Å². The molecule has 1 aliphatic carbocycles. The second kappa shape index (κ2) is 4.48. The summed E-state index contributed by atoms with van der Waals surface area (Å²) in [4.78, 5) is 4.87. The Morgan fingerprint density at radius 3 is 2.33 bits per heavy atom. The number of nitrogens with zero attached hydrogens (tertiary/aromatic N) is 1. The van der Waals surface area contributed by atoms with Crippen molar-refractivity contribution in [2.75, 3.05) is 7.11 Å². The van der Waals surface area contributed by atoms with Crippen LogP contribution >= 0.6 is 0 Å². The first-order valence-electron chi connectivity index (χ1n) is 4.86. The van der Waals surface area contributed by atoms with Gasteiger partial charge in [0.25, 0.3) is 0 Å². The quantitative estimate of drug-likeness (QED) is 0.470. The van der Waals surface area contributed by atoms with Gasteiger partial charge in [0.05, 0.1) is 5.71 Å². The molecule has 0 spiro atoms. The maximum Gasteiger partial charge on any atom is 0.106 e. The first kappa shape index (κ1) is 9.56. The fourth-order valence-corrected chi connectivity index (χ4v) is 1.98. The van der Waals surface area contributed by atoms with Crippen molar-refractivity contribution in [3.63, 3.8) is 0 Å². The SMILES string of the molecule is CO/N=C(/C(C)C)C1CCCC1. The monoisotopic (exact) mass is 169 g/mol. The molecule has 1 rings (SSSR count). The molecule has 2 heteroatoms. The zero-order valence-corrected chi connectivity index (χ0v) is 8.34. The van der Waals surface area contributed by atoms with Crippen LogP contribution in [0.2, 0.25) is 0 Å². The minimum atomic E-state index is 0.535. The number of rotatable bonds is 3. The van der Waals surface area contributed by atoms with Gasteiger partial charge in [-0.15, -0.1) is 0 Å². The van der Waals surface area contributed by atoms with Gasteiger partial charge < -0.3 is 4.84 Å². The largest absolute Gasteiger partial charge is 0.399 e. The van der Waals surface area contributed by atoms with Crippen LogP contribution in [0.1, 0.15) is 39.5 Å². The first-order valence-corrected chi connectivity index (χ1v) is 4.86. The fraction of sp³-hybridized carbons (Fsp3) is 0.900.